The van der Waals surface area contributed by atoms with Crippen LogP contribution in [0.1, 0.15) is 67.1 Å². The van der Waals surface area contributed by atoms with Crippen molar-refractivity contribution < 1.29 is 0 Å². The molecule has 0 unspecified atom stereocenters. The van der Waals surface area contributed by atoms with Crippen molar-refractivity contribution in [2.24, 2.45) is 0 Å². The number of pyridine rings is 2. The number of hydrogen-bond donors (Lipinski definition) is 1. The molecule has 3 aromatic heterocycles. The summed E-state index contributed by atoms with van der Waals surface area (Å²) in [6, 6.07) is 13.2. The van der Waals surface area contributed by atoms with Gasteiger partial charge in [-0.05, 0) is 66.5 Å². The molecule has 2 atom stereocenters. The van der Waals surface area contributed by atoms with E-state index in [0.29, 0.717) is 6.04 Å². The third kappa shape index (κ3) is 3.84. The van der Waals surface area contributed by atoms with Crippen molar-refractivity contribution in [2.75, 3.05) is 0 Å². The van der Waals surface area contributed by atoms with Gasteiger partial charge in [0.2, 0.25) is 0 Å². The molecule has 2 fully saturated rings. The second-order valence-corrected chi connectivity index (χ2v) is 8.68. The summed E-state index contributed by atoms with van der Waals surface area (Å²) in [6.07, 6.45) is 16.7. The molecule has 1 N–H and O–H groups in total. The molecular weight excluding hydrogens is 390 g/mol. The molecule has 1 saturated heterocycles. The first-order valence-corrected chi connectivity index (χ1v) is 11.2. The Labute approximate surface area is 183 Å². The van der Waals surface area contributed by atoms with Crippen LogP contribution >= 0.6 is 12.2 Å². The Hall–Kier alpha value is -2.73. The predicted octanol–water partition coefficient (Wildman–Crippen LogP) is 4.96. The van der Waals surface area contributed by atoms with E-state index in [-0.39, 0.29) is 12.1 Å². The highest BCUT2D eigenvalue weighted by molar-refractivity contribution is 7.80. The van der Waals surface area contributed by atoms with Crippen LogP contribution in [0.15, 0.2) is 67.4 Å². The summed E-state index contributed by atoms with van der Waals surface area (Å²) in [6.45, 7) is 0.747. The van der Waals surface area contributed by atoms with Crippen molar-refractivity contribution in [3.8, 4) is 0 Å². The van der Waals surface area contributed by atoms with Gasteiger partial charge in [-0.25, -0.2) is 0 Å². The first kappa shape index (κ1) is 19.2. The highest BCUT2D eigenvalue weighted by Gasteiger charge is 2.40. The summed E-state index contributed by atoms with van der Waals surface area (Å²) in [4.78, 5) is 11.1. The lowest BCUT2D eigenvalue weighted by Crippen LogP contribution is -2.29. The molecule has 0 aromatic carbocycles. The standard InChI is InChI=1S/C24H27N5S/c30-24-27-22(21-8-4-5-12-26-21)23(29(24)16-18-9-13-25-14-10-18)19-11-15-28(17-19)20-6-2-1-3-7-20/h4-5,8-15,17,20,22-23H,1-3,6-7,16H2,(H,27,30)/t22-,23+/m0/s1. The van der Waals surface area contributed by atoms with Gasteiger partial charge < -0.3 is 14.8 Å². The maximum absolute atomic E-state index is 5.79. The third-order valence-electron chi connectivity index (χ3n) is 6.38. The number of thiocarbonyl (C=S) groups is 1. The van der Waals surface area contributed by atoms with Gasteiger partial charge in [-0.2, -0.15) is 0 Å². The molecule has 1 aliphatic carbocycles. The monoisotopic (exact) mass is 417 g/mol. The van der Waals surface area contributed by atoms with E-state index in [2.05, 4.69) is 61.4 Å². The Morgan fingerprint density at radius 3 is 2.60 bits per heavy atom. The van der Waals surface area contributed by atoms with Gasteiger partial charge in [0.25, 0.3) is 0 Å². The minimum atomic E-state index is 0.0303. The Morgan fingerprint density at radius 2 is 1.83 bits per heavy atom. The van der Waals surface area contributed by atoms with Crippen LogP contribution in [-0.2, 0) is 6.54 Å². The predicted molar refractivity (Wildman–Crippen MR) is 122 cm³/mol. The zero-order valence-electron chi connectivity index (χ0n) is 17.0. The molecule has 0 bridgehead atoms. The number of nitrogens with one attached hydrogen (secondary N) is 1. The van der Waals surface area contributed by atoms with E-state index in [9.17, 15) is 0 Å². The third-order valence-corrected chi connectivity index (χ3v) is 6.73. The minimum absolute atomic E-state index is 0.0303. The van der Waals surface area contributed by atoms with Gasteiger partial charge >= 0.3 is 0 Å². The normalized spacial score (nSPS) is 22.3. The average Bonchev–Trinajstić information content (AvgIpc) is 3.41. The number of hydrogen-bond acceptors (Lipinski definition) is 3. The van der Waals surface area contributed by atoms with Crippen molar-refractivity contribution in [2.45, 2.75) is 56.8 Å². The summed E-state index contributed by atoms with van der Waals surface area (Å²) in [5, 5.41) is 4.32. The van der Waals surface area contributed by atoms with Gasteiger partial charge in [-0.3, -0.25) is 9.97 Å². The second kappa shape index (κ2) is 8.56. The molecule has 5 nitrogen and oxygen atoms in total. The van der Waals surface area contributed by atoms with Crippen LogP contribution in [0, 0.1) is 0 Å². The lowest BCUT2D eigenvalue weighted by atomic mass is 9.95. The van der Waals surface area contributed by atoms with Crippen LogP contribution in [0.5, 0.6) is 0 Å². The van der Waals surface area contributed by atoms with Crippen LogP contribution in [0.4, 0.5) is 0 Å². The van der Waals surface area contributed by atoms with E-state index in [4.69, 9.17) is 12.2 Å². The van der Waals surface area contributed by atoms with Crippen LogP contribution in [0.2, 0.25) is 0 Å². The van der Waals surface area contributed by atoms with E-state index < -0.39 is 0 Å². The summed E-state index contributed by atoms with van der Waals surface area (Å²) < 4.78 is 2.43. The number of rotatable bonds is 5. The highest BCUT2D eigenvalue weighted by Crippen LogP contribution is 2.40. The topological polar surface area (TPSA) is 46.0 Å². The van der Waals surface area contributed by atoms with Crippen LogP contribution in [0.25, 0.3) is 0 Å². The molecule has 0 amide bonds. The van der Waals surface area contributed by atoms with Gasteiger partial charge in [0, 0.05) is 43.6 Å². The molecule has 5 rings (SSSR count). The van der Waals surface area contributed by atoms with Crippen molar-refractivity contribution in [3.05, 3.63) is 84.2 Å². The van der Waals surface area contributed by atoms with Crippen molar-refractivity contribution in [1.29, 1.82) is 0 Å². The zero-order valence-corrected chi connectivity index (χ0v) is 17.8. The van der Waals surface area contributed by atoms with Crippen LogP contribution in [-0.4, -0.2) is 24.5 Å². The lowest BCUT2D eigenvalue weighted by molar-refractivity contribution is 0.309. The maximum Gasteiger partial charge on any atom is 0.170 e. The summed E-state index contributed by atoms with van der Waals surface area (Å²) >= 11 is 5.79. The first-order chi connectivity index (χ1) is 14.8. The highest BCUT2D eigenvalue weighted by atomic mass is 32.1. The quantitative estimate of drug-likeness (QED) is 0.595. The molecule has 2 aliphatic rings. The Balaban J connectivity index is 1.49. The Kier molecular flexibility index (Phi) is 5.49. The van der Waals surface area contributed by atoms with E-state index in [1.807, 2.05) is 30.7 Å². The van der Waals surface area contributed by atoms with E-state index >= 15 is 0 Å². The fourth-order valence-electron chi connectivity index (χ4n) is 4.84. The van der Waals surface area contributed by atoms with Crippen molar-refractivity contribution >= 4 is 17.3 Å². The van der Waals surface area contributed by atoms with Gasteiger partial charge in [0.15, 0.2) is 5.11 Å². The van der Waals surface area contributed by atoms with Crippen molar-refractivity contribution in [1.82, 2.24) is 24.8 Å². The van der Waals surface area contributed by atoms with Gasteiger partial charge in [0.1, 0.15) is 0 Å². The Morgan fingerprint density at radius 1 is 1.00 bits per heavy atom. The molecule has 154 valence electrons. The SMILES string of the molecule is S=C1N[C@@H](c2ccccn2)[C@@H](c2ccn(C3CCCCC3)c2)N1Cc1ccncc1. The average molecular weight is 418 g/mol. The molecule has 1 aliphatic heterocycles. The van der Waals surface area contributed by atoms with Crippen LogP contribution < -0.4 is 5.32 Å². The van der Waals surface area contributed by atoms with Gasteiger partial charge in [-0.1, -0.05) is 25.3 Å². The lowest BCUT2D eigenvalue weighted by Gasteiger charge is -2.28. The number of aromatic nitrogens is 3. The van der Waals surface area contributed by atoms with E-state index in [1.54, 1.807) is 0 Å². The fraction of sp³-hybridized carbons (Fsp3) is 0.375. The summed E-state index contributed by atoms with van der Waals surface area (Å²) in [7, 11) is 0. The molecule has 6 heteroatoms. The fourth-order valence-corrected chi connectivity index (χ4v) is 5.14. The summed E-state index contributed by atoms with van der Waals surface area (Å²) in [5.41, 5.74) is 3.51. The molecule has 0 radical (unpaired) electrons. The molecule has 1 saturated carbocycles. The molecule has 3 aromatic rings. The summed E-state index contributed by atoms with van der Waals surface area (Å²) in [5.74, 6) is 0. The van der Waals surface area contributed by atoms with Crippen LogP contribution in [0.3, 0.4) is 0 Å². The van der Waals surface area contributed by atoms with Gasteiger partial charge in [0.05, 0.1) is 17.8 Å². The first-order valence-electron chi connectivity index (χ1n) is 10.8. The second-order valence-electron chi connectivity index (χ2n) is 8.29. The molecular formula is C24H27N5S. The van der Waals surface area contributed by atoms with Gasteiger partial charge in [-0.15, -0.1) is 0 Å². The van der Waals surface area contributed by atoms with E-state index in [0.717, 1.165) is 17.4 Å². The zero-order chi connectivity index (χ0) is 20.3. The maximum atomic E-state index is 5.79. The molecule has 4 heterocycles. The minimum Gasteiger partial charge on any atom is -0.352 e. The largest absolute Gasteiger partial charge is 0.352 e. The molecule has 30 heavy (non-hydrogen) atoms. The Bertz CT molecular complexity index is 981. The van der Waals surface area contributed by atoms with Crippen molar-refractivity contribution in [3.63, 3.8) is 0 Å². The molecule has 0 spiro atoms. The van der Waals surface area contributed by atoms with E-state index in [1.165, 1.54) is 43.2 Å². The number of nitrogens with zero attached hydrogens (tertiary/aromatic N) is 4. The smallest absolute Gasteiger partial charge is 0.170 e.